The number of thiazole rings is 1. The Morgan fingerprint density at radius 3 is 2.66 bits per heavy atom. The van der Waals surface area contributed by atoms with E-state index in [1.165, 1.54) is 11.3 Å². The summed E-state index contributed by atoms with van der Waals surface area (Å²) in [5.74, 6) is 0.547. The highest BCUT2D eigenvalue weighted by molar-refractivity contribution is 7.10. The molecule has 1 unspecified atom stereocenters. The topological polar surface area (TPSA) is 75.6 Å². The van der Waals surface area contributed by atoms with Gasteiger partial charge in [0.05, 0.1) is 11.7 Å². The lowest BCUT2D eigenvalue weighted by molar-refractivity contribution is -0.136. The van der Waals surface area contributed by atoms with Gasteiger partial charge < -0.3 is 14.5 Å². The fourth-order valence-electron chi connectivity index (χ4n) is 4.43. The van der Waals surface area contributed by atoms with E-state index in [1.54, 1.807) is 11.8 Å². The second-order valence-electron chi connectivity index (χ2n) is 8.48. The Kier molecular flexibility index (Phi) is 6.72. The van der Waals surface area contributed by atoms with Crippen molar-refractivity contribution >= 4 is 33.9 Å². The number of rotatable bonds is 5. The number of benzene rings is 2. The van der Waals surface area contributed by atoms with Crippen molar-refractivity contribution in [1.29, 1.82) is 0 Å². The number of fused-ring (bicyclic) bond motifs is 1. The molecular weight excluding hydrogens is 460 g/mol. The SMILES string of the molecule is CC(=O)N1CCC(c2nc(-c3cncc4ccccc34)cs2)N(C(=O)COc2ccccc2)CC1. The lowest BCUT2D eigenvalue weighted by atomic mass is 10.1. The third-order valence-corrected chi connectivity index (χ3v) is 7.23. The Hall–Kier alpha value is -3.78. The number of amides is 2. The quantitative estimate of drug-likeness (QED) is 0.413. The minimum Gasteiger partial charge on any atom is -0.484 e. The fourth-order valence-corrected chi connectivity index (χ4v) is 5.40. The number of carbonyl (C=O) groups is 2. The van der Waals surface area contributed by atoms with Crippen LogP contribution in [0.15, 0.2) is 72.4 Å². The van der Waals surface area contributed by atoms with Crippen molar-refractivity contribution in [2.75, 3.05) is 26.2 Å². The molecule has 1 aliphatic rings. The van der Waals surface area contributed by atoms with Crippen LogP contribution in [0.2, 0.25) is 0 Å². The van der Waals surface area contributed by atoms with Crippen molar-refractivity contribution < 1.29 is 14.3 Å². The van der Waals surface area contributed by atoms with Gasteiger partial charge in [0.25, 0.3) is 5.91 Å². The number of pyridine rings is 1. The van der Waals surface area contributed by atoms with E-state index in [9.17, 15) is 9.59 Å². The van der Waals surface area contributed by atoms with Crippen LogP contribution in [0.25, 0.3) is 22.0 Å². The zero-order chi connectivity index (χ0) is 24.2. The molecule has 2 amide bonds. The molecule has 0 saturated carbocycles. The van der Waals surface area contributed by atoms with Gasteiger partial charge in [-0.2, -0.15) is 0 Å². The van der Waals surface area contributed by atoms with E-state index in [0.717, 1.165) is 27.0 Å². The van der Waals surface area contributed by atoms with E-state index in [-0.39, 0.29) is 24.5 Å². The summed E-state index contributed by atoms with van der Waals surface area (Å²) in [5.41, 5.74) is 1.81. The highest BCUT2D eigenvalue weighted by Crippen LogP contribution is 2.34. The molecule has 7 nitrogen and oxygen atoms in total. The van der Waals surface area contributed by atoms with Gasteiger partial charge in [-0.05, 0) is 23.9 Å². The Morgan fingerprint density at radius 1 is 1.03 bits per heavy atom. The van der Waals surface area contributed by atoms with Crippen LogP contribution in [0.5, 0.6) is 5.75 Å². The second kappa shape index (κ2) is 10.2. The number of nitrogens with zero attached hydrogens (tertiary/aromatic N) is 4. The lowest BCUT2D eigenvalue weighted by Gasteiger charge is -2.28. The molecule has 0 N–H and O–H groups in total. The molecule has 35 heavy (non-hydrogen) atoms. The molecule has 0 spiro atoms. The highest BCUT2D eigenvalue weighted by Gasteiger charge is 2.32. The number of aromatic nitrogens is 2. The van der Waals surface area contributed by atoms with Gasteiger partial charge in [0, 0.05) is 55.3 Å². The predicted octanol–water partition coefficient (Wildman–Crippen LogP) is 4.56. The first-order chi connectivity index (χ1) is 17.1. The molecule has 8 heteroatoms. The fraction of sp³-hybridized carbons (Fsp3) is 0.259. The summed E-state index contributed by atoms with van der Waals surface area (Å²) < 4.78 is 5.75. The van der Waals surface area contributed by atoms with Crippen molar-refractivity contribution in [3.8, 4) is 17.0 Å². The maximum Gasteiger partial charge on any atom is 0.261 e. The summed E-state index contributed by atoms with van der Waals surface area (Å²) in [4.78, 5) is 38.3. The molecule has 2 aromatic heterocycles. The maximum absolute atomic E-state index is 13.3. The van der Waals surface area contributed by atoms with E-state index in [0.29, 0.717) is 31.8 Å². The third kappa shape index (κ3) is 5.02. The van der Waals surface area contributed by atoms with E-state index in [4.69, 9.17) is 9.72 Å². The minimum absolute atomic E-state index is 0.0141. The summed E-state index contributed by atoms with van der Waals surface area (Å²) in [7, 11) is 0. The van der Waals surface area contributed by atoms with Crippen LogP contribution in [0.4, 0.5) is 0 Å². The monoisotopic (exact) mass is 486 g/mol. The molecule has 0 aliphatic carbocycles. The summed E-state index contributed by atoms with van der Waals surface area (Å²) in [6.07, 6.45) is 4.31. The first-order valence-electron chi connectivity index (χ1n) is 11.6. The predicted molar refractivity (Wildman–Crippen MR) is 136 cm³/mol. The van der Waals surface area contributed by atoms with Crippen LogP contribution in [0.3, 0.4) is 0 Å². The van der Waals surface area contributed by atoms with E-state index >= 15 is 0 Å². The average Bonchev–Trinajstić information content (AvgIpc) is 3.26. The van der Waals surface area contributed by atoms with Crippen LogP contribution in [0, 0.1) is 0 Å². The number of ether oxygens (including phenoxy) is 1. The van der Waals surface area contributed by atoms with Crippen LogP contribution >= 0.6 is 11.3 Å². The first kappa shape index (κ1) is 23.0. The standard InChI is InChI=1S/C27H26N4O3S/c1-19(32)30-12-11-25(31(14-13-30)26(33)17-34-21-8-3-2-4-9-21)27-29-24(18-35-27)23-16-28-15-20-7-5-6-10-22(20)23/h2-10,15-16,18,25H,11-14,17H2,1H3. The van der Waals surface area contributed by atoms with E-state index < -0.39 is 0 Å². The van der Waals surface area contributed by atoms with Crippen LogP contribution in [-0.2, 0) is 9.59 Å². The van der Waals surface area contributed by atoms with Gasteiger partial charge >= 0.3 is 0 Å². The van der Waals surface area contributed by atoms with Crippen molar-refractivity contribution in [2.24, 2.45) is 0 Å². The summed E-state index contributed by atoms with van der Waals surface area (Å²) in [5, 5.41) is 5.02. The van der Waals surface area contributed by atoms with Gasteiger partial charge in [-0.15, -0.1) is 11.3 Å². The molecule has 2 aromatic carbocycles. The lowest BCUT2D eigenvalue weighted by Crippen LogP contribution is -2.40. The highest BCUT2D eigenvalue weighted by atomic mass is 32.1. The van der Waals surface area contributed by atoms with Gasteiger partial charge in [0.15, 0.2) is 6.61 Å². The smallest absolute Gasteiger partial charge is 0.261 e. The Balaban J connectivity index is 1.42. The molecule has 1 atom stereocenters. The minimum atomic E-state index is -0.229. The molecule has 1 saturated heterocycles. The molecule has 4 aromatic rings. The maximum atomic E-state index is 13.3. The van der Waals surface area contributed by atoms with Crippen LogP contribution < -0.4 is 4.74 Å². The van der Waals surface area contributed by atoms with Gasteiger partial charge in [-0.1, -0.05) is 42.5 Å². The normalized spacial score (nSPS) is 16.2. The van der Waals surface area contributed by atoms with Crippen molar-refractivity contribution in [3.05, 3.63) is 77.4 Å². The summed E-state index contributed by atoms with van der Waals surface area (Å²) in [6.45, 7) is 3.01. The van der Waals surface area contributed by atoms with E-state index in [2.05, 4.69) is 11.1 Å². The van der Waals surface area contributed by atoms with Crippen molar-refractivity contribution in [1.82, 2.24) is 19.8 Å². The molecule has 1 aliphatic heterocycles. The van der Waals surface area contributed by atoms with Gasteiger partial charge in [-0.25, -0.2) is 4.98 Å². The summed E-state index contributed by atoms with van der Waals surface area (Å²) in [6, 6.07) is 17.2. The third-order valence-electron chi connectivity index (χ3n) is 6.28. The average molecular weight is 487 g/mol. The van der Waals surface area contributed by atoms with Gasteiger partial charge in [0.2, 0.25) is 5.91 Å². The van der Waals surface area contributed by atoms with Crippen LogP contribution in [-0.4, -0.2) is 57.8 Å². The number of hydrogen-bond acceptors (Lipinski definition) is 6. The van der Waals surface area contributed by atoms with Crippen molar-refractivity contribution in [3.63, 3.8) is 0 Å². The van der Waals surface area contributed by atoms with Crippen LogP contribution in [0.1, 0.15) is 24.4 Å². The first-order valence-corrected chi connectivity index (χ1v) is 12.5. The van der Waals surface area contributed by atoms with Crippen molar-refractivity contribution in [2.45, 2.75) is 19.4 Å². The largest absolute Gasteiger partial charge is 0.484 e. The molecule has 5 rings (SSSR count). The number of hydrogen-bond donors (Lipinski definition) is 0. The summed E-state index contributed by atoms with van der Waals surface area (Å²) >= 11 is 1.54. The molecule has 1 fully saturated rings. The number of carbonyl (C=O) groups excluding carboxylic acids is 2. The molecule has 3 heterocycles. The molecule has 0 radical (unpaired) electrons. The Bertz CT molecular complexity index is 1340. The molecule has 178 valence electrons. The van der Waals surface area contributed by atoms with Gasteiger partial charge in [0.1, 0.15) is 10.8 Å². The zero-order valence-corrected chi connectivity index (χ0v) is 20.3. The second-order valence-corrected chi connectivity index (χ2v) is 9.37. The Labute approximate surface area is 208 Å². The van der Waals surface area contributed by atoms with E-state index in [1.807, 2.05) is 71.2 Å². The molecule has 0 bridgehead atoms. The number of para-hydroxylation sites is 1. The van der Waals surface area contributed by atoms with Gasteiger partial charge in [-0.3, -0.25) is 14.6 Å². The Morgan fingerprint density at radius 2 is 1.83 bits per heavy atom. The molecular formula is C27H26N4O3S. The zero-order valence-electron chi connectivity index (χ0n) is 19.5.